The maximum Gasteiger partial charge on any atom is 0.261 e. The molecule has 2 amide bonds. The summed E-state index contributed by atoms with van der Waals surface area (Å²) in [6.07, 6.45) is 3.73. The lowest BCUT2D eigenvalue weighted by molar-refractivity contribution is -0.140. The average Bonchev–Trinajstić information content (AvgIpc) is 3.24. The molecule has 1 saturated carbocycles. The molecule has 1 atom stereocenters. The Labute approximate surface area is 143 Å². The van der Waals surface area contributed by atoms with E-state index in [1.165, 1.54) is 5.56 Å². The maximum atomic E-state index is 12.4. The predicted octanol–water partition coefficient (Wildman–Crippen LogP) is 2.46. The summed E-state index contributed by atoms with van der Waals surface area (Å²) in [6, 6.07) is 7.82. The van der Waals surface area contributed by atoms with Gasteiger partial charge in [-0.05, 0) is 49.3 Å². The van der Waals surface area contributed by atoms with Crippen molar-refractivity contribution in [3.8, 4) is 5.75 Å². The van der Waals surface area contributed by atoms with Gasteiger partial charge in [0.05, 0.1) is 0 Å². The van der Waals surface area contributed by atoms with E-state index in [-0.39, 0.29) is 24.5 Å². The molecule has 130 valence electrons. The Balaban J connectivity index is 1.52. The summed E-state index contributed by atoms with van der Waals surface area (Å²) >= 11 is 0. The van der Waals surface area contributed by atoms with E-state index < -0.39 is 0 Å². The lowest BCUT2D eigenvalue weighted by Gasteiger charge is -2.24. The monoisotopic (exact) mass is 330 g/mol. The quantitative estimate of drug-likeness (QED) is 0.872. The molecule has 1 unspecified atom stereocenters. The van der Waals surface area contributed by atoms with Crippen molar-refractivity contribution in [3.63, 3.8) is 0 Å². The van der Waals surface area contributed by atoms with E-state index in [4.69, 9.17) is 4.74 Å². The van der Waals surface area contributed by atoms with Crippen LogP contribution in [0.5, 0.6) is 5.75 Å². The number of hydrogen-bond donors (Lipinski definition) is 1. The standard InChI is InChI=1S/C19H26N2O3/c1-13(2)14-5-9-16(10-6-14)24-12-18(22)21-11-3-4-17(21)19(23)20-15-7-8-15/h5-6,9-10,13,15,17H,3-4,7-8,11-12H2,1-2H3,(H,20,23). The van der Waals surface area contributed by atoms with Crippen molar-refractivity contribution in [2.75, 3.05) is 13.2 Å². The van der Waals surface area contributed by atoms with Gasteiger partial charge in [0.1, 0.15) is 11.8 Å². The van der Waals surface area contributed by atoms with Crippen LogP contribution in [0.4, 0.5) is 0 Å². The van der Waals surface area contributed by atoms with Crippen molar-refractivity contribution in [2.24, 2.45) is 0 Å². The van der Waals surface area contributed by atoms with Crippen LogP contribution in [-0.2, 0) is 9.59 Å². The third-order valence-corrected chi connectivity index (χ3v) is 4.71. The second-order valence-electron chi connectivity index (χ2n) is 7.04. The topological polar surface area (TPSA) is 58.6 Å². The van der Waals surface area contributed by atoms with Crippen molar-refractivity contribution in [1.29, 1.82) is 0 Å². The normalized spacial score (nSPS) is 20.3. The van der Waals surface area contributed by atoms with E-state index in [1.54, 1.807) is 4.90 Å². The molecule has 1 N–H and O–H groups in total. The fourth-order valence-electron chi connectivity index (χ4n) is 3.04. The van der Waals surface area contributed by atoms with E-state index in [1.807, 2.05) is 24.3 Å². The van der Waals surface area contributed by atoms with Gasteiger partial charge in [-0.2, -0.15) is 0 Å². The lowest BCUT2D eigenvalue weighted by atomic mass is 10.0. The maximum absolute atomic E-state index is 12.4. The number of ether oxygens (including phenoxy) is 1. The van der Waals surface area contributed by atoms with Crippen LogP contribution in [0.2, 0.25) is 0 Å². The van der Waals surface area contributed by atoms with Crippen LogP contribution in [0.15, 0.2) is 24.3 Å². The van der Waals surface area contributed by atoms with Crippen molar-refractivity contribution in [1.82, 2.24) is 10.2 Å². The van der Waals surface area contributed by atoms with Crippen LogP contribution in [-0.4, -0.2) is 41.9 Å². The molecule has 2 aliphatic rings. The molecule has 24 heavy (non-hydrogen) atoms. The van der Waals surface area contributed by atoms with E-state index in [9.17, 15) is 9.59 Å². The Bertz CT molecular complexity index is 593. The van der Waals surface area contributed by atoms with E-state index in [2.05, 4.69) is 19.2 Å². The molecule has 1 aliphatic carbocycles. The highest BCUT2D eigenvalue weighted by Gasteiger charge is 2.36. The third-order valence-electron chi connectivity index (χ3n) is 4.71. The molecule has 1 heterocycles. The SMILES string of the molecule is CC(C)c1ccc(OCC(=O)N2CCCC2C(=O)NC2CC2)cc1. The molecule has 1 saturated heterocycles. The van der Waals surface area contributed by atoms with E-state index >= 15 is 0 Å². The van der Waals surface area contributed by atoms with Crippen molar-refractivity contribution in [3.05, 3.63) is 29.8 Å². The van der Waals surface area contributed by atoms with Gasteiger partial charge in [0.15, 0.2) is 6.61 Å². The van der Waals surface area contributed by atoms with Crippen molar-refractivity contribution >= 4 is 11.8 Å². The van der Waals surface area contributed by atoms with Crippen LogP contribution >= 0.6 is 0 Å². The van der Waals surface area contributed by atoms with Gasteiger partial charge in [-0.25, -0.2) is 0 Å². The molecule has 3 rings (SSSR count). The number of rotatable bonds is 6. The number of nitrogens with one attached hydrogen (secondary N) is 1. The molecule has 1 aromatic rings. The zero-order valence-corrected chi connectivity index (χ0v) is 14.5. The van der Waals surface area contributed by atoms with Crippen LogP contribution in [0.1, 0.15) is 51.0 Å². The number of carbonyl (C=O) groups is 2. The van der Waals surface area contributed by atoms with Crippen molar-refractivity contribution in [2.45, 2.75) is 57.5 Å². The fourth-order valence-corrected chi connectivity index (χ4v) is 3.04. The van der Waals surface area contributed by atoms with E-state index in [0.29, 0.717) is 24.3 Å². The molecule has 5 heteroatoms. The smallest absolute Gasteiger partial charge is 0.261 e. The van der Waals surface area contributed by atoms with Crippen LogP contribution in [0.25, 0.3) is 0 Å². The minimum absolute atomic E-state index is 0.00960. The first kappa shape index (κ1) is 16.8. The highest BCUT2D eigenvalue weighted by Crippen LogP contribution is 2.23. The number of amides is 2. The summed E-state index contributed by atoms with van der Waals surface area (Å²) in [5.74, 6) is 1.03. The number of hydrogen-bond acceptors (Lipinski definition) is 3. The summed E-state index contributed by atoms with van der Waals surface area (Å²) in [4.78, 5) is 26.3. The van der Waals surface area contributed by atoms with Gasteiger partial charge >= 0.3 is 0 Å². The zero-order chi connectivity index (χ0) is 17.1. The first-order chi connectivity index (χ1) is 11.5. The molecule has 5 nitrogen and oxygen atoms in total. The Kier molecular flexibility index (Phi) is 5.07. The number of likely N-dealkylation sites (tertiary alicyclic amines) is 1. The Morgan fingerprint density at radius 1 is 1.21 bits per heavy atom. The molecule has 0 radical (unpaired) electrons. The first-order valence-corrected chi connectivity index (χ1v) is 8.87. The summed E-state index contributed by atoms with van der Waals surface area (Å²) in [6.45, 7) is 4.89. The summed E-state index contributed by atoms with van der Waals surface area (Å²) in [5.41, 5.74) is 1.24. The van der Waals surface area contributed by atoms with Gasteiger partial charge in [0.25, 0.3) is 5.91 Å². The van der Waals surface area contributed by atoms with Crippen LogP contribution in [0, 0.1) is 0 Å². The zero-order valence-electron chi connectivity index (χ0n) is 14.5. The highest BCUT2D eigenvalue weighted by molar-refractivity contribution is 5.89. The Morgan fingerprint density at radius 3 is 2.54 bits per heavy atom. The largest absolute Gasteiger partial charge is 0.484 e. The average molecular weight is 330 g/mol. The third kappa shape index (κ3) is 4.08. The molecule has 0 aromatic heterocycles. The van der Waals surface area contributed by atoms with Crippen LogP contribution in [0.3, 0.4) is 0 Å². The molecule has 0 bridgehead atoms. The van der Waals surface area contributed by atoms with E-state index in [0.717, 1.165) is 25.7 Å². The Morgan fingerprint density at radius 2 is 1.92 bits per heavy atom. The summed E-state index contributed by atoms with van der Waals surface area (Å²) < 4.78 is 5.61. The summed E-state index contributed by atoms with van der Waals surface area (Å²) in [5, 5.41) is 3.00. The Hall–Kier alpha value is -2.04. The van der Waals surface area contributed by atoms with Gasteiger partial charge in [-0.1, -0.05) is 26.0 Å². The van der Waals surface area contributed by atoms with Gasteiger partial charge in [0, 0.05) is 12.6 Å². The molecular formula is C19H26N2O3. The molecule has 1 aliphatic heterocycles. The second kappa shape index (κ2) is 7.24. The van der Waals surface area contributed by atoms with Gasteiger partial charge in [0.2, 0.25) is 5.91 Å². The number of benzene rings is 1. The molecule has 0 spiro atoms. The van der Waals surface area contributed by atoms with Crippen molar-refractivity contribution < 1.29 is 14.3 Å². The molecule has 1 aromatic carbocycles. The molecule has 2 fully saturated rings. The van der Waals surface area contributed by atoms with Gasteiger partial charge in [-0.3, -0.25) is 9.59 Å². The van der Waals surface area contributed by atoms with Crippen LogP contribution < -0.4 is 10.1 Å². The highest BCUT2D eigenvalue weighted by atomic mass is 16.5. The lowest BCUT2D eigenvalue weighted by Crippen LogP contribution is -2.47. The minimum atomic E-state index is -0.329. The predicted molar refractivity (Wildman–Crippen MR) is 91.9 cm³/mol. The van der Waals surface area contributed by atoms with Gasteiger partial charge in [-0.15, -0.1) is 0 Å². The first-order valence-electron chi connectivity index (χ1n) is 8.87. The summed E-state index contributed by atoms with van der Waals surface area (Å²) in [7, 11) is 0. The number of carbonyl (C=O) groups excluding carboxylic acids is 2. The fraction of sp³-hybridized carbons (Fsp3) is 0.579. The van der Waals surface area contributed by atoms with Gasteiger partial charge < -0.3 is 15.0 Å². The second-order valence-corrected chi connectivity index (χ2v) is 7.04. The minimum Gasteiger partial charge on any atom is -0.484 e. The molecular weight excluding hydrogens is 304 g/mol. The number of nitrogens with zero attached hydrogens (tertiary/aromatic N) is 1.